The average Bonchev–Trinajstić information content (AvgIpc) is 2.65. The summed E-state index contributed by atoms with van der Waals surface area (Å²) < 4.78 is 0. The maximum Gasteiger partial charge on any atom is 0.0236 e. The van der Waals surface area contributed by atoms with Gasteiger partial charge in [-0.1, -0.05) is 6.92 Å². The summed E-state index contributed by atoms with van der Waals surface area (Å²) in [5.41, 5.74) is 0. The zero-order chi connectivity index (χ0) is 9.97. The third-order valence-corrected chi connectivity index (χ3v) is 3.74. The minimum Gasteiger partial charge on any atom is -0.305 e. The Morgan fingerprint density at radius 2 is 1.79 bits per heavy atom. The normalized spacial score (nSPS) is 32.6. The highest BCUT2D eigenvalue weighted by molar-refractivity contribution is 4.84. The fourth-order valence-corrected chi connectivity index (χ4v) is 2.65. The Labute approximate surface area is 87.7 Å². The van der Waals surface area contributed by atoms with Gasteiger partial charge in [0.2, 0.25) is 0 Å². The van der Waals surface area contributed by atoms with Crippen molar-refractivity contribution in [1.82, 2.24) is 14.7 Å². The van der Waals surface area contributed by atoms with Crippen molar-refractivity contribution in [2.45, 2.75) is 19.4 Å². The summed E-state index contributed by atoms with van der Waals surface area (Å²) in [4.78, 5) is 7.70. The lowest BCUT2D eigenvalue weighted by Crippen LogP contribution is -2.50. The molecule has 0 aromatic rings. The van der Waals surface area contributed by atoms with Crippen molar-refractivity contribution in [1.29, 1.82) is 0 Å². The van der Waals surface area contributed by atoms with E-state index in [2.05, 4.69) is 28.7 Å². The monoisotopic (exact) mass is 197 g/mol. The molecule has 14 heavy (non-hydrogen) atoms. The van der Waals surface area contributed by atoms with Gasteiger partial charge in [0.25, 0.3) is 0 Å². The number of hydrogen-bond donors (Lipinski definition) is 0. The lowest BCUT2D eigenvalue weighted by Gasteiger charge is -2.37. The van der Waals surface area contributed by atoms with Crippen molar-refractivity contribution in [3.8, 4) is 0 Å². The molecule has 3 nitrogen and oxygen atoms in total. The highest BCUT2D eigenvalue weighted by atomic mass is 15.3. The zero-order valence-electron chi connectivity index (χ0n) is 9.58. The van der Waals surface area contributed by atoms with E-state index in [1.807, 2.05) is 0 Å². The number of likely N-dealkylation sites (tertiary alicyclic amines) is 1. The van der Waals surface area contributed by atoms with Crippen LogP contribution in [0.4, 0.5) is 0 Å². The van der Waals surface area contributed by atoms with E-state index in [1.54, 1.807) is 0 Å². The van der Waals surface area contributed by atoms with Gasteiger partial charge in [-0.3, -0.25) is 4.90 Å². The molecule has 1 unspecified atom stereocenters. The summed E-state index contributed by atoms with van der Waals surface area (Å²) in [7, 11) is 2.24. The molecule has 2 fully saturated rings. The molecule has 82 valence electrons. The lowest BCUT2D eigenvalue weighted by molar-refractivity contribution is 0.102. The van der Waals surface area contributed by atoms with Crippen LogP contribution in [0.5, 0.6) is 0 Å². The number of piperazine rings is 1. The maximum atomic E-state index is 2.69. The first-order chi connectivity index (χ1) is 6.79. The second kappa shape index (κ2) is 4.60. The van der Waals surface area contributed by atoms with Crippen LogP contribution in [0.1, 0.15) is 13.3 Å². The minimum atomic E-state index is 0.846. The van der Waals surface area contributed by atoms with Crippen LogP contribution in [0.25, 0.3) is 0 Å². The summed E-state index contributed by atoms with van der Waals surface area (Å²) >= 11 is 0. The third-order valence-electron chi connectivity index (χ3n) is 3.74. The lowest BCUT2D eigenvalue weighted by atomic mass is 10.2. The minimum absolute atomic E-state index is 0.846. The van der Waals surface area contributed by atoms with Crippen molar-refractivity contribution >= 4 is 0 Å². The van der Waals surface area contributed by atoms with E-state index < -0.39 is 0 Å². The van der Waals surface area contributed by atoms with Crippen molar-refractivity contribution in [3.63, 3.8) is 0 Å². The van der Waals surface area contributed by atoms with Gasteiger partial charge in [-0.15, -0.1) is 0 Å². The fraction of sp³-hybridized carbons (Fsp3) is 1.00. The van der Waals surface area contributed by atoms with Gasteiger partial charge in [-0.2, -0.15) is 0 Å². The predicted molar refractivity (Wildman–Crippen MR) is 59.6 cm³/mol. The van der Waals surface area contributed by atoms with E-state index in [0.717, 1.165) is 6.04 Å². The van der Waals surface area contributed by atoms with E-state index in [1.165, 1.54) is 52.2 Å². The second-order valence-electron chi connectivity index (χ2n) is 4.67. The molecule has 2 heterocycles. The van der Waals surface area contributed by atoms with Gasteiger partial charge >= 0.3 is 0 Å². The Hall–Kier alpha value is -0.120. The molecule has 0 aromatic carbocycles. The van der Waals surface area contributed by atoms with Crippen molar-refractivity contribution < 1.29 is 0 Å². The van der Waals surface area contributed by atoms with E-state index in [4.69, 9.17) is 0 Å². The molecule has 2 saturated heterocycles. The molecular formula is C11H23N3. The first-order valence-electron chi connectivity index (χ1n) is 5.94. The summed E-state index contributed by atoms with van der Waals surface area (Å²) in [5, 5.41) is 0. The van der Waals surface area contributed by atoms with Crippen LogP contribution in [0.3, 0.4) is 0 Å². The summed E-state index contributed by atoms with van der Waals surface area (Å²) in [6.07, 6.45) is 1.38. The van der Waals surface area contributed by atoms with Crippen LogP contribution < -0.4 is 0 Å². The largest absolute Gasteiger partial charge is 0.305 e. The molecule has 0 saturated carbocycles. The van der Waals surface area contributed by atoms with Gasteiger partial charge in [-0.25, -0.2) is 0 Å². The van der Waals surface area contributed by atoms with Gasteiger partial charge in [0.1, 0.15) is 0 Å². The standard InChI is InChI=1S/C11H23N3/c1-3-13-6-8-14(9-7-13)11-4-5-12(2)10-11/h11H,3-10H2,1-2H3. The second-order valence-corrected chi connectivity index (χ2v) is 4.67. The molecule has 2 aliphatic rings. The molecular weight excluding hydrogens is 174 g/mol. The highest BCUT2D eigenvalue weighted by Gasteiger charge is 2.27. The molecule has 2 rings (SSSR count). The van der Waals surface area contributed by atoms with Crippen LogP contribution in [0.2, 0.25) is 0 Å². The molecule has 1 atom stereocenters. The number of rotatable bonds is 2. The highest BCUT2D eigenvalue weighted by Crippen LogP contribution is 2.15. The molecule has 0 aliphatic carbocycles. The number of nitrogens with zero attached hydrogens (tertiary/aromatic N) is 3. The molecule has 0 radical (unpaired) electrons. The molecule has 3 heteroatoms. The van der Waals surface area contributed by atoms with E-state index in [-0.39, 0.29) is 0 Å². The summed E-state index contributed by atoms with van der Waals surface area (Å²) in [5.74, 6) is 0. The molecule has 0 aromatic heterocycles. The van der Waals surface area contributed by atoms with Crippen LogP contribution in [-0.2, 0) is 0 Å². The zero-order valence-corrected chi connectivity index (χ0v) is 9.58. The molecule has 2 aliphatic heterocycles. The van der Waals surface area contributed by atoms with Crippen molar-refractivity contribution in [2.75, 3.05) is 52.9 Å². The molecule has 0 spiro atoms. The number of likely N-dealkylation sites (N-methyl/N-ethyl adjacent to an activating group) is 2. The Bertz CT molecular complexity index is 175. The topological polar surface area (TPSA) is 9.72 Å². The summed E-state index contributed by atoms with van der Waals surface area (Å²) in [6.45, 7) is 11.2. The maximum absolute atomic E-state index is 2.69. The molecule has 0 amide bonds. The van der Waals surface area contributed by atoms with Crippen LogP contribution in [0, 0.1) is 0 Å². The van der Waals surface area contributed by atoms with Gasteiger partial charge in [0, 0.05) is 38.8 Å². The van der Waals surface area contributed by atoms with E-state index in [9.17, 15) is 0 Å². The molecule has 0 N–H and O–H groups in total. The van der Waals surface area contributed by atoms with Crippen LogP contribution in [-0.4, -0.2) is 73.6 Å². The van der Waals surface area contributed by atoms with Gasteiger partial charge < -0.3 is 9.80 Å². The van der Waals surface area contributed by atoms with E-state index >= 15 is 0 Å². The van der Waals surface area contributed by atoms with Crippen molar-refractivity contribution in [2.24, 2.45) is 0 Å². The summed E-state index contributed by atoms with van der Waals surface area (Å²) in [6, 6.07) is 0.846. The van der Waals surface area contributed by atoms with E-state index in [0.29, 0.717) is 0 Å². The first kappa shape index (κ1) is 10.4. The quantitative estimate of drug-likeness (QED) is 0.631. The Kier molecular flexibility index (Phi) is 3.42. The van der Waals surface area contributed by atoms with Gasteiger partial charge in [0.15, 0.2) is 0 Å². The Balaban J connectivity index is 1.78. The smallest absolute Gasteiger partial charge is 0.0236 e. The number of hydrogen-bond acceptors (Lipinski definition) is 3. The van der Waals surface area contributed by atoms with Crippen LogP contribution >= 0.6 is 0 Å². The molecule has 0 bridgehead atoms. The predicted octanol–water partition coefficient (Wildman–Crippen LogP) is 0.328. The first-order valence-corrected chi connectivity index (χ1v) is 5.94. The SMILES string of the molecule is CCN1CCN(C2CCN(C)C2)CC1. The third kappa shape index (κ3) is 2.27. The Morgan fingerprint density at radius 1 is 1.07 bits per heavy atom. The fourth-order valence-electron chi connectivity index (χ4n) is 2.65. The van der Waals surface area contributed by atoms with Gasteiger partial charge in [0.05, 0.1) is 0 Å². The Morgan fingerprint density at radius 3 is 2.29 bits per heavy atom. The average molecular weight is 197 g/mol. The van der Waals surface area contributed by atoms with Crippen LogP contribution in [0.15, 0.2) is 0 Å². The van der Waals surface area contributed by atoms with Crippen molar-refractivity contribution in [3.05, 3.63) is 0 Å². The van der Waals surface area contributed by atoms with Gasteiger partial charge in [-0.05, 0) is 26.6 Å².